The Balaban J connectivity index is 1.33. The Hall–Kier alpha value is -3.60. The van der Waals surface area contributed by atoms with Crippen LogP contribution in [0.15, 0.2) is 72.8 Å². The lowest BCUT2D eigenvalue weighted by atomic mass is 10.1. The van der Waals surface area contributed by atoms with E-state index in [1.54, 1.807) is 0 Å². The highest BCUT2D eigenvalue weighted by atomic mass is 16.5. The van der Waals surface area contributed by atoms with Crippen molar-refractivity contribution in [2.75, 3.05) is 13.2 Å². The van der Waals surface area contributed by atoms with Crippen LogP contribution in [0.4, 0.5) is 0 Å². The average Bonchev–Trinajstić information content (AvgIpc) is 3.16. The zero-order valence-electron chi connectivity index (χ0n) is 19.4. The first-order valence-electron chi connectivity index (χ1n) is 11.5. The molecule has 0 unspecified atom stereocenters. The first kappa shape index (κ1) is 22.6. The maximum Gasteiger partial charge on any atom is 0.224 e. The number of ether oxygens (including phenoxy) is 1. The third-order valence-corrected chi connectivity index (χ3v) is 5.82. The summed E-state index contributed by atoms with van der Waals surface area (Å²) < 4.78 is 8.22. The number of aromatic nitrogens is 2. The van der Waals surface area contributed by atoms with Gasteiger partial charge < -0.3 is 14.6 Å². The third kappa shape index (κ3) is 6.01. The summed E-state index contributed by atoms with van der Waals surface area (Å²) in [7, 11) is 0. The number of fused-ring (bicyclic) bond motifs is 1. The Morgan fingerprint density at radius 3 is 2.67 bits per heavy atom. The highest BCUT2D eigenvalue weighted by Gasteiger charge is 2.11. The fraction of sp³-hybridized carbons (Fsp3) is 0.286. The monoisotopic (exact) mass is 441 g/mol. The van der Waals surface area contributed by atoms with E-state index in [1.165, 1.54) is 5.56 Å². The fourth-order valence-electron chi connectivity index (χ4n) is 4.04. The third-order valence-electron chi connectivity index (χ3n) is 5.82. The van der Waals surface area contributed by atoms with Gasteiger partial charge >= 0.3 is 0 Å². The number of aryl methyl sites for hydroxylation is 3. The zero-order chi connectivity index (χ0) is 23.0. The molecule has 3 aromatic carbocycles. The van der Waals surface area contributed by atoms with Crippen LogP contribution in [0.25, 0.3) is 11.0 Å². The van der Waals surface area contributed by atoms with Crippen LogP contribution in [0.2, 0.25) is 0 Å². The molecule has 0 radical (unpaired) electrons. The van der Waals surface area contributed by atoms with Gasteiger partial charge in [0.2, 0.25) is 5.91 Å². The van der Waals surface area contributed by atoms with Gasteiger partial charge in [0.25, 0.3) is 0 Å². The lowest BCUT2D eigenvalue weighted by molar-refractivity contribution is -0.120. The van der Waals surface area contributed by atoms with Crippen molar-refractivity contribution >= 4 is 16.9 Å². The van der Waals surface area contributed by atoms with E-state index in [9.17, 15) is 4.79 Å². The number of carbonyl (C=O) groups is 1. The largest absolute Gasteiger partial charge is 0.492 e. The van der Waals surface area contributed by atoms with Crippen molar-refractivity contribution in [2.24, 2.45) is 0 Å². The predicted octanol–water partition coefficient (Wildman–Crippen LogP) is 5.02. The number of amides is 1. The number of carbonyl (C=O) groups excluding carboxylic acids is 1. The predicted molar refractivity (Wildman–Crippen MR) is 133 cm³/mol. The van der Waals surface area contributed by atoms with Crippen molar-refractivity contribution in [1.82, 2.24) is 14.9 Å². The van der Waals surface area contributed by atoms with Gasteiger partial charge in [0.05, 0.1) is 24.0 Å². The van der Waals surface area contributed by atoms with Gasteiger partial charge in [0.15, 0.2) is 0 Å². The van der Waals surface area contributed by atoms with E-state index in [0.29, 0.717) is 19.6 Å². The molecule has 5 nitrogen and oxygen atoms in total. The molecule has 4 rings (SSSR count). The topological polar surface area (TPSA) is 56.1 Å². The molecule has 4 aromatic rings. The summed E-state index contributed by atoms with van der Waals surface area (Å²) in [6.07, 6.45) is 2.05. The quantitative estimate of drug-likeness (QED) is 0.352. The molecule has 170 valence electrons. The fourth-order valence-corrected chi connectivity index (χ4v) is 4.04. The van der Waals surface area contributed by atoms with Crippen LogP contribution < -0.4 is 10.1 Å². The summed E-state index contributed by atoms with van der Waals surface area (Å²) >= 11 is 0. The summed E-state index contributed by atoms with van der Waals surface area (Å²) in [5, 5.41) is 3.05. The molecule has 0 atom stereocenters. The normalized spacial score (nSPS) is 11.0. The van der Waals surface area contributed by atoms with E-state index in [4.69, 9.17) is 9.72 Å². The molecule has 0 aliphatic rings. The van der Waals surface area contributed by atoms with Gasteiger partial charge in [-0.25, -0.2) is 4.98 Å². The standard InChI is InChI=1S/C28H31N3O2/c1-21-9-7-12-24(19-21)33-18-17-31-26-14-6-5-13-25(26)30-27(31)15-8-16-29-28(32)20-23-11-4-3-10-22(23)2/h3-7,9-14,19H,8,15-18,20H2,1-2H3,(H,29,32). The summed E-state index contributed by atoms with van der Waals surface area (Å²) in [5.41, 5.74) is 5.51. The Morgan fingerprint density at radius 1 is 1.00 bits per heavy atom. The van der Waals surface area contributed by atoms with Crippen molar-refractivity contribution in [1.29, 1.82) is 0 Å². The van der Waals surface area contributed by atoms with Crippen LogP contribution >= 0.6 is 0 Å². The number of nitrogens with one attached hydrogen (secondary N) is 1. The van der Waals surface area contributed by atoms with Gasteiger partial charge in [-0.3, -0.25) is 4.79 Å². The average molecular weight is 442 g/mol. The molecule has 0 aliphatic heterocycles. The van der Waals surface area contributed by atoms with Gasteiger partial charge in [-0.1, -0.05) is 48.5 Å². The van der Waals surface area contributed by atoms with Crippen LogP contribution in [0, 0.1) is 13.8 Å². The van der Waals surface area contributed by atoms with E-state index in [0.717, 1.165) is 53.1 Å². The van der Waals surface area contributed by atoms with Gasteiger partial charge in [0, 0.05) is 13.0 Å². The maximum atomic E-state index is 12.3. The molecular formula is C28H31N3O2. The molecule has 0 fully saturated rings. The molecule has 0 spiro atoms. The summed E-state index contributed by atoms with van der Waals surface area (Å²) in [6, 6.07) is 24.3. The number of imidazole rings is 1. The van der Waals surface area contributed by atoms with Crippen LogP contribution in [-0.4, -0.2) is 28.6 Å². The van der Waals surface area contributed by atoms with Crippen molar-refractivity contribution in [2.45, 2.75) is 39.7 Å². The highest BCUT2D eigenvalue weighted by Crippen LogP contribution is 2.18. The number of benzene rings is 3. The van der Waals surface area contributed by atoms with Gasteiger partial charge in [-0.2, -0.15) is 0 Å². The van der Waals surface area contributed by atoms with E-state index in [1.807, 2.05) is 67.6 Å². The Morgan fingerprint density at radius 2 is 1.82 bits per heavy atom. The second-order valence-corrected chi connectivity index (χ2v) is 8.39. The molecule has 33 heavy (non-hydrogen) atoms. The summed E-state index contributed by atoms with van der Waals surface area (Å²) in [4.78, 5) is 17.2. The molecule has 0 saturated heterocycles. The highest BCUT2D eigenvalue weighted by molar-refractivity contribution is 5.79. The van der Waals surface area contributed by atoms with Gasteiger partial charge in [-0.05, 0) is 61.2 Å². The minimum atomic E-state index is 0.0596. The number of hydrogen-bond acceptors (Lipinski definition) is 3. The van der Waals surface area contributed by atoms with E-state index >= 15 is 0 Å². The van der Waals surface area contributed by atoms with E-state index in [-0.39, 0.29) is 5.91 Å². The summed E-state index contributed by atoms with van der Waals surface area (Å²) in [5.74, 6) is 1.97. The molecule has 1 aromatic heterocycles. The van der Waals surface area contributed by atoms with E-state index < -0.39 is 0 Å². The second-order valence-electron chi connectivity index (χ2n) is 8.39. The first-order valence-corrected chi connectivity index (χ1v) is 11.5. The van der Waals surface area contributed by atoms with Crippen LogP contribution in [0.5, 0.6) is 5.75 Å². The molecule has 1 heterocycles. The number of hydrogen-bond donors (Lipinski definition) is 1. The number of nitrogens with zero attached hydrogens (tertiary/aromatic N) is 2. The molecule has 0 aliphatic carbocycles. The van der Waals surface area contributed by atoms with Gasteiger partial charge in [-0.15, -0.1) is 0 Å². The second kappa shape index (κ2) is 10.8. The lowest BCUT2D eigenvalue weighted by Gasteiger charge is -2.12. The van der Waals surface area contributed by atoms with E-state index in [2.05, 4.69) is 28.9 Å². The maximum absolute atomic E-state index is 12.3. The minimum absolute atomic E-state index is 0.0596. The summed E-state index contributed by atoms with van der Waals surface area (Å²) in [6.45, 7) is 6.03. The molecule has 0 saturated carbocycles. The molecule has 1 amide bonds. The Labute approximate surface area is 195 Å². The molecular weight excluding hydrogens is 410 g/mol. The SMILES string of the molecule is Cc1cccc(OCCn2c(CCCNC(=O)Cc3ccccc3C)nc3ccccc32)c1. The van der Waals surface area contributed by atoms with Crippen molar-refractivity contribution in [3.8, 4) is 5.75 Å². The first-order chi connectivity index (χ1) is 16.1. The Bertz CT molecular complexity index is 1230. The van der Waals surface area contributed by atoms with Crippen LogP contribution in [0.3, 0.4) is 0 Å². The zero-order valence-corrected chi connectivity index (χ0v) is 19.4. The molecule has 0 bridgehead atoms. The molecule has 1 N–H and O–H groups in total. The molecule has 5 heteroatoms. The van der Waals surface area contributed by atoms with Crippen molar-refractivity contribution in [3.63, 3.8) is 0 Å². The van der Waals surface area contributed by atoms with Gasteiger partial charge in [0.1, 0.15) is 18.2 Å². The van der Waals surface area contributed by atoms with Crippen LogP contribution in [0.1, 0.15) is 28.9 Å². The Kier molecular flexibility index (Phi) is 7.40. The van der Waals surface area contributed by atoms with Crippen molar-refractivity contribution < 1.29 is 9.53 Å². The van der Waals surface area contributed by atoms with Crippen LogP contribution in [-0.2, 0) is 24.2 Å². The van der Waals surface area contributed by atoms with Crippen molar-refractivity contribution in [3.05, 3.63) is 95.3 Å². The smallest absolute Gasteiger partial charge is 0.224 e. The minimum Gasteiger partial charge on any atom is -0.492 e. The number of rotatable bonds is 10. The lowest BCUT2D eigenvalue weighted by Crippen LogP contribution is -2.26. The number of para-hydroxylation sites is 2.